The molecule has 1 aliphatic rings. The van der Waals surface area contributed by atoms with Crippen LogP contribution in [0, 0.1) is 0 Å². The standard InChI is InChI=1S/C18H18N2O2/c1-3-7-16-13(5-1)9-14(20-16)10-19-11-18-15-6-2-4-8-17(15)21-12-22-18/h1-9,18-20H,10-12H2. The molecule has 0 saturated carbocycles. The number of aromatic amines is 1. The van der Waals surface area contributed by atoms with E-state index in [1.54, 1.807) is 0 Å². The SMILES string of the molecule is c1ccc2c(c1)OCOC2CNCc1cc2ccccc2[nH]1. The first kappa shape index (κ1) is 13.4. The second kappa shape index (κ2) is 5.83. The highest BCUT2D eigenvalue weighted by atomic mass is 16.7. The van der Waals surface area contributed by atoms with Gasteiger partial charge in [0.2, 0.25) is 0 Å². The van der Waals surface area contributed by atoms with E-state index in [2.05, 4.69) is 40.6 Å². The Hall–Kier alpha value is -2.30. The van der Waals surface area contributed by atoms with Gasteiger partial charge in [-0.3, -0.25) is 0 Å². The van der Waals surface area contributed by atoms with Crippen molar-refractivity contribution in [2.45, 2.75) is 12.6 Å². The molecule has 0 radical (unpaired) electrons. The molecule has 0 saturated heterocycles. The predicted octanol–water partition coefficient (Wildman–Crippen LogP) is 3.37. The van der Waals surface area contributed by atoms with E-state index in [4.69, 9.17) is 9.47 Å². The lowest BCUT2D eigenvalue weighted by atomic mass is 10.1. The highest BCUT2D eigenvalue weighted by Gasteiger charge is 2.21. The van der Waals surface area contributed by atoms with E-state index in [9.17, 15) is 0 Å². The van der Waals surface area contributed by atoms with Gasteiger partial charge in [-0.25, -0.2) is 0 Å². The quantitative estimate of drug-likeness (QED) is 0.775. The average Bonchev–Trinajstić information content (AvgIpc) is 2.98. The van der Waals surface area contributed by atoms with Gasteiger partial charge in [0.25, 0.3) is 0 Å². The van der Waals surface area contributed by atoms with Crippen LogP contribution in [-0.2, 0) is 11.3 Å². The molecule has 0 spiro atoms. The lowest BCUT2D eigenvalue weighted by Crippen LogP contribution is -2.27. The summed E-state index contributed by atoms with van der Waals surface area (Å²) in [5.41, 5.74) is 3.46. The number of H-pyrrole nitrogens is 1. The van der Waals surface area contributed by atoms with E-state index in [-0.39, 0.29) is 6.10 Å². The number of aromatic nitrogens is 1. The third-order valence-corrected chi connectivity index (χ3v) is 3.98. The molecular weight excluding hydrogens is 276 g/mol. The number of rotatable bonds is 4. The van der Waals surface area contributed by atoms with Gasteiger partial charge in [0, 0.05) is 29.9 Å². The Morgan fingerprint density at radius 2 is 1.95 bits per heavy atom. The maximum absolute atomic E-state index is 5.71. The lowest BCUT2D eigenvalue weighted by molar-refractivity contribution is -0.0584. The first-order valence-corrected chi connectivity index (χ1v) is 7.51. The summed E-state index contributed by atoms with van der Waals surface area (Å²) in [7, 11) is 0. The van der Waals surface area contributed by atoms with Crippen LogP contribution < -0.4 is 10.1 Å². The third kappa shape index (κ3) is 2.58. The summed E-state index contributed by atoms with van der Waals surface area (Å²) in [5, 5.41) is 4.70. The summed E-state index contributed by atoms with van der Waals surface area (Å²) >= 11 is 0. The number of ether oxygens (including phenoxy) is 2. The first-order valence-electron chi connectivity index (χ1n) is 7.51. The van der Waals surface area contributed by atoms with E-state index >= 15 is 0 Å². The Morgan fingerprint density at radius 1 is 1.09 bits per heavy atom. The lowest BCUT2D eigenvalue weighted by Gasteiger charge is -2.26. The van der Waals surface area contributed by atoms with E-state index in [0.29, 0.717) is 6.79 Å². The molecule has 1 aromatic heterocycles. The van der Waals surface area contributed by atoms with Gasteiger partial charge in [-0.15, -0.1) is 0 Å². The second-order valence-electron chi connectivity index (χ2n) is 5.47. The largest absolute Gasteiger partial charge is 0.467 e. The zero-order valence-corrected chi connectivity index (χ0v) is 12.2. The normalized spacial score (nSPS) is 17.2. The van der Waals surface area contributed by atoms with Gasteiger partial charge in [0.05, 0.1) is 0 Å². The van der Waals surface area contributed by atoms with E-state index in [1.807, 2.05) is 24.3 Å². The van der Waals surface area contributed by atoms with Gasteiger partial charge >= 0.3 is 0 Å². The molecule has 2 N–H and O–H groups in total. The Morgan fingerprint density at radius 3 is 2.91 bits per heavy atom. The van der Waals surface area contributed by atoms with Crippen LogP contribution in [0.3, 0.4) is 0 Å². The molecule has 2 heterocycles. The molecule has 2 aromatic carbocycles. The zero-order chi connectivity index (χ0) is 14.8. The molecule has 4 heteroatoms. The summed E-state index contributed by atoms with van der Waals surface area (Å²) in [5.74, 6) is 0.922. The molecule has 1 atom stereocenters. The number of nitrogens with one attached hydrogen (secondary N) is 2. The molecule has 22 heavy (non-hydrogen) atoms. The van der Waals surface area contributed by atoms with Gasteiger partial charge in [0.1, 0.15) is 11.9 Å². The minimum absolute atomic E-state index is 0.0364. The maximum atomic E-state index is 5.71. The molecule has 0 amide bonds. The first-order chi connectivity index (χ1) is 10.9. The minimum Gasteiger partial charge on any atom is -0.467 e. The summed E-state index contributed by atoms with van der Waals surface area (Å²) in [4.78, 5) is 3.42. The molecule has 4 rings (SSSR count). The summed E-state index contributed by atoms with van der Waals surface area (Å²) in [6, 6.07) is 18.5. The molecule has 1 unspecified atom stereocenters. The Labute approximate surface area is 129 Å². The number of fused-ring (bicyclic) bond motifs is 2. The van der Waals surface area contributed by atoms with Crippen LogP contribution in [0.15, 0.2) is 54.6 Å². The van der Waals surface area contributed by atoms with Gasteiger partial charge in [0.15, 0.2) is 6.79 Å². The molecular formula is C18H18N2O2. The molecule has 0 bridgehead atoms. The molecule has 112 valence electrons. The average molecular weight is 294 g/mol. The maximum Gasteiger partial charge on any atom is 0.189 e. The van der Waals surface area contributed by atoms with Gasteiger partial charge in [-0.2, -0.15) is 0 Å². The van der Waals surface area contributed by atoms with Gasteiger partial charge < -0.3 is 19.8 Å². The fourth-order valence-electron chi connectivity index (χ4n) is 2.88. The van der Waals surface area contributed by atoms with Crippen molar-refractivity contribution in [2.75, 3.05) is 13.3 Å². The van der Waals surface area contributed by atoms with Crippen molar-refractivity contribution < 1.29 is 9.47 Å². The Kier molecular flexibility index (Phi) is 3.54. The van der Waals surface area contributed by atoms with Crippen LogP contribution in [0.2, 0.25) is 0 Å². The van der Waals surface area contributed by atoms with Crippen molar-refractivity contribution in [3.63, 3.8) is 0 Å². The Balaban J connectivity index is 1.41. The van der Waals surface area contributed by atoms with Crippen molar-refractivity contribution in [3.8, 4) is 5.75 Å². The van der Waals surface area contributed by atoms with Crippen molar-refractivity contribution in [1.82, 2.24) is 10.3 Å². The summed E-state index contributed by atoms with van der Waals surface area (Å²) in [6.45, 7) is 1.86. The van der Waals surface area contributed by atoms with Gasteiger partial charge in [-0.1, -0.05) is 36.4 Å². The van der Waals surface area contributed by atoms with Crippen LogP contribution in [0.5, 0.6) is 5.75 Å². The number of para-hydroxylation sites is 2. The van der Waals surface area contributed by atoms with E-state index < -0.39 is 0 Å². The van der Waals surface area contributed by atoms with Crippen LogP contribution in [0.25, 0.3) is 10.9 Å². The monoisotopic (exact) mass is 294 g/mol. The van der Waals surface area contributed by atoms with Crippen LogP contribution in [0.4, 0.5) is 0 Å². The molecule has 0 fully saturated rings. The highest BCUT2D eigenvalue weighted by Crippen LogP contribution is 2.31. The van der Waals surface area contributed by atoms with Crippen molar-refractivity contribution in [1.29, 1.82) is 0 Å². The molecule has 0 aliphatic carbocycles. The summed E-state index contributed by atoms with van der Waals surface area (Å²) < 4.78 is 11.2. The molecule has 4 nitrogen and oxygen atoms in total. The van der Waals surface area contributed by atoms with Crippen LogP contribution >= 0.6 is 0 Å². The van der Waals surface area contributed by atoms with Crippen molar-refractivity contribution in [2.24, 2.45) is 0 Å². The van der Waals surface area contributed by atoms with E-state index in [0.717, 1.165) is 24.4 Å². The van der Waals surface area contributed by atoms with Crippen LogP contribution in [0.1, 0.15) is 17.4 Å². The smallest absolute Gasteiger partial charge is 0.189 e. The zero-order valence-electron chi connectivity index (χ0n) is 12.2. The van der Waals surface area contributed by atoms with E-state index in [1.165, 1.54) is 16.6 Å². The van der Waals surface area contributed by atoms with Crippen molar-refractivity contribution >= 4 is 10.9 Å². The highest BCUT2D eigenvalue weighted by molar-refractivity contribution is 5.80. The third-order valence-electron chi connectivity index (χ3n) is 3.98. The Bertz CT molecular complexity index is 748. The minimum atomic E-state index is 0.0364. The predicted molar refractivity (Wildman–Crippen MR) is 85.8 cm³/mol. The number of hydrogen-bond acceptors (Lipinski definition) is 3. The van der Waals surface area contributed by atoms with Crippen LogP contribution in [-0.4, -0.2) is 18.3 Å². The number of hydrogen-bond donors (Lipinski definition) is 2. The van der Waals surface area contributed by atoms with Crippen molar-refractivity contribution in [3.05, 3.63) is 65.9 Å². The number of benzene rings is 2. The fraction of sp³-hybridized carbons (Fsp3) is 0.222. The molecule has 3 aromatic rings. The molecule has 1 aliphatic heterocycles. The summed E-state index contributed by atoms with van der Waals surface area (Å²) in [6.07, 6.45) is 0.0364. The van der Waals surface area contributed by atoms with Gasteiger partial charge in [-0.05, 0) is 23.6 Å². The fourth-order valence-corrected chi connectivity index (χ4v) is 2.88. The topological polar surface area (TPSA) is 46.3 Å². The second-order valence-corrected chi connectivity index (χ2v) is 5.47.